The third-order valence-corrected chi connectivity index (χ3v) is 5.31. The molecule has 28 heavy (non-hydrogen) atoms. The van der Waals surface area contributed by atoms with Crippen molar-refractivity contribution in [1.82, 2.24) is 4.98 Å². The van der Waals surface area contributed by atoms with E-state index in [0.29, 0.717) is 15.9 Å². The number of amides is 1. The van der Waals surface area contributed by atoms with Crippen LogP contribution in [0.25, 0.3) is 10.8 Å². The maximum Gasteiger partial charge on any atom is 0.264 e. The maximum atomic E-state index is 12.2. The molecular weight excluding hydrogens is 392 g/mol. The van der Waals surface area contributed by atoms with Gasteiger partial charge in [-0.1, -0.05) is 54.1 Å². The number of benzene rings is 3. The zero-order chi connectivity index (χ0) is 19.3. The van der Waals surface area contributed by atoms with Crippen LogP contribution in [0.5, 0.6) is 5.75 Å². The number of carbonyl (C=O) groups is 1. The van der Waals surface area contributed by atoms with Crippen molar-refractivity contribution >= 4 is 44.7 Å². The van der Waals surface area contributed by atoms with Crippen LogP contribution in [0.1, 0.15) is 10.4 Å². The summed E-state index contributed by atoms with van der Waals surface area (Å²) in [6, 6.07) is 21.5. The zero-order valence-corrected chi connectivity index (χ0v) is 16.5. The van der Waals surface area contributed by atoms with Crippen LogP contribution < -0.4 is 10.1 Å². The second-order valence-corrected chi connectivity index (χ2v) is 7.84. The monoisotopic (exact) mass is 408 g/mol. The summed E-state index contributed by atoms with van der Waals surface area (Å²) >= 11 is 7.46. The Kier molecular flexibility index (Phi) is 5.55. The number of halogens is 1. The molecule has 1 aromatic heterocycles. The highest BCUT2D eigenvalue weighted by molar-refractivity contribution is 7.15. The molecule has 0 radical (unpaired) electrons. The number of nitrogens with zero attached hydrogens (tertiary/aromatic N) is 1. The van der Waals surface area contributed by atoms with Crippen molar-refractivity contribution in [2.24, 2.45) is 0 Å². The van der Waals surface area contributed by atoms with Gasteiger partial charge in [0.05, 0.1) is 0 Å². The fourth-order valence-electron chi connectivity index (χ4n) is 2.86. The van der Waals surface area contributed by atoms with E-state index in [4.69, 9.17) is 16.3 Å². The summed E-state index contributed by atoms with van der Waals surface area (Å²) in [5.41, 5.74) is 1.11. The number of thiazole rings is 1. The Balaban J connectivity index is 1.33. The van der Waals surface area contributed by atoms with Gasteiger partial charge in [0, 0.05) is 22.5 Å². The van der Waals surface area contributed by atoms with E-state index in [-0.39, 0.29) is 12.5 Å². The normalized spacial score (nSPS) is 10.8. The number of ether oxygens (including phenoxy) is 1. The Labute approximate surface area is 171 Å². The number of fused-ring (bicyclic) bond motifs is 1. The third-order valence-electron chi connectivity index (χ3n) is 4.16. The lowest BCUT2D eigenvalue weighted by molar-refractivity contribution is -0.118. The lowest BCUT2D eigenvalue weighted by atomic mass is 10.1. The topological polar surface area (TPSA) is 51.2 Å². The lowest BCUT2D eigenvalue weighted by Crippen LogP contribution is -2.19. The smallest absolute Gasteiger partial charge is 0.264 e. The van der Waals surface area contributed by atoms with Crippen LogP contribution in [-0.4, -0.2) is 17.5 Å². The van der Waals surface area contributed by atoms with Gasteiger partial charge in [-0.15, -0.1) is 11.3 Å². The Morgan fingerprint density at radius 1 is 1.04 bits per heavy atom. The van der Waals surface area contributed by atoms with Crippen LogP contribution in [0, 0.1) is 0 Å². The summed E-state index contributed by atoms with van der Waals surface area (Å²) < 4.78 is 5.61. The van der Waals surface area contributed by atoms with E-state index >= 15 is 0 Å². The molecule has 0 saturated carbocycles. The summed E-state index contributed by atoms with van der Waals surface area (Å²) in [6.45, 7) is -0.0679. The van der Waals surface area contributed by atoms with Gasteiger partial charge in [0.25, 0.3) is 5.91 Å². The quantitative estimate of drug-likeness (QED) is 0.454. The first-order chi connectivity index (χ1) is 13.7. The van der Waals surface area contributed by atoms with Crippen molar-refractivity contribution in [2.75, 3.05) is 11.9 Å². The minimum atomic E-state index is -0.239. The van der Waals surface area contributed by atoms with Crippen LogP contribution in [0.4, 0.5) is 5.13 Å². The van der Waals surface area contributed by atoms with Crippen molar-refractivity contribution in [3.8, 4) is 5.75 Å². The van der Waals surface area contributed by atoms with E-state index in [0.717, 1.165) is 27.6 Å². The molecule has 0 aliphatic rings. The van der Waals surface area contributed by atoms with Crippen molar-refractivity contribution in [3.05, 3.63) is 88.4 Å². The van der Waals surface area contributed by atoms with Gasteiger partial charge in [-0.25, -0.2) is 4.98 Å². The van der Waals surface area contributed by atoms with Gasteiger partial charge in [0.15, 0.2) is 11.7 Å². The summed E-state index contributed by atoms with van der Waals surface area (Å²) in [4.78, 5) is 17.5. The highest BCUT2D eigenvalue weighted by Crippen LogP contribution is 2.23. The van der Waals surface area contributed by atoms with Gasteiger partial charge in [-0.2, -0.15) is 0 Å². The first-order valence-corrected chi connectivity index (χ1v) is 9.96. The standard InChI is InChI=1S/C22H17ClN2O2S/c23-18-7-3-4-15(10-18)11-20-13-24-22(28-20)25-21(26)14-27-19-9-8-16-5-1-2-6-17(16)12-19/h1-10,12-13H,11,14H2,(H,24,25,26). The van der Waals surface area contributed by atoms with E-state index in [1.807, 2.05) is 66.7 Å². The van der Waals surface area contributed by atoms with Gasteiger partial charge < -0.3 is 4.74 Å². The minimum absolute atomic E-state index is 0.0679. The molecule has 4 rings (SSSR count). The van der Waals surface area contributed by atoms with Crippen molar-refractivity contribution in [3.63, 3.8) is 0 Å². The highest BCUT2D eigenvalue weighted by atomic mass is 35.5. The molecule has 0 aliphatic carbocycles. The molecule has 0 unspecified atom stereocenters. The average Bonchev–Trinajstić information content (AvgIpc) is 3.13. The highest BCUT2D eigenvalue weighted by Gasteiger charge is 2.09. The molecule has 4 nitrogen and oxygen atoms in total. The molecule has 0 aliphatic heterocycles. The van der Waals surface area contributed by atoms with Gasteiger partial charge in [-0.3, -0.25) is 10.1 Å². The van der Waals surface area contributed by atoms with Crippen LogP contribution in [0.3, 0.4) is 0 Å². The van der Waals surface area contributed by atoms with E-state index in [9.17, 15) is 4.79 Å². The Morgan fingerprint density at radius 2 is 1.89 bits per heavy atom. The van der Waals surface area contributed by atoms with Gasteiger partial charge in [-0.05, 0) is 40.6 Å². The summed E-state index contributed by atoms with van der Waals surface area (Å²) in [5.74, 6) is 0.423. The second-order valence-electron chi connectivity index (χ2n) is 6.28. The number of rotatable bonds is 6. The van der Waals surface area contributed by atoms with Crippen LogP contribution in [0.2, 0.25) is 5.02 Å². The first-order valence-electron chi connectivity index (χ1n) is 8.76. The maximum absolute atomic E-state index is 12.2. The van der Waals surface area contributed by atoms with Crippen molar-refractivity contribution in [2.45, 2.75) is 6.42 Å². The molecular formula is C22H17ClN2O2S. The fraction of sp³-hybridized carbons (Fsp3) is 0.0909. The molecule has 6 heteroatoms. The van der Waals surface area contributed by atoms with Crippen LogP contribution in [0.15, 0.2) is 72.9 Å². The van der Waals surface area contributed by atoms with E-state index in [1.54, 1.807) is 6.20 Å². The number of aromatic nitrogens is 1. The molecule has 0 bridgehead atoms. The summed E-state index contributed by atoms with van der Waals surface area (Å²) in [6.07, 6.45) is 2.49. The number of carbonyl (C=O) groups excluding carboxylic acids is 1. The average molecular weight is 409 g/mol. The number of hydrogen-bond acceptors (Lipinski definition) is 4. The summed E-state index contributed by atoms with van der Waals surface area (Å²) in [7, 11) is 0. The lowest BCUT2D eigenvalue weighted by Gasteiger charge is -2.07. The Morgan fingerprint density at radius 3 is 2.75 bits per heavy atom. The minimum Gasteiger partial charge on any atom is -0.484 e. The molecule has 1 amide bonds. The number of anilines is 1. The van der Waals surface area contributed by atoms with Crippen LogP contribution >= 0.6 is 22.9 Å². The molecule has 3 aromatic carbocycles. The SMILES string of the molecule is O=C(COc1ccc2ccccc2c1)Nc1ncc(Cc2cccc(Cl)c2)s1. The van der Waals surface area contributed by atoms with Crippen molar-refractivity contribution < 1.29 is 9.53 Å². The van der Waals surface area contributed by atoms with Gasteiger partial charge in [0.2, 0.25) is 0 Å². The molecule has 0 spiro atoms. The Hall–Kier alpha value is -2.89. The Bertz CT molecular complexity index is 1130. The second kappa shape index (κ2) is 8.42. The molecule has 0 fully saturated rings. The zero-order valence-electron chi connectivity index (χ0n) is 14.9. The molecule has 0 atom stereocenters. The third kappa shape index (κ3) is 4.68. The molecule has 0 saturated heterocycles. The summed E-state index contributed by atoms with van der Waals surface area (Å²) in [5, 5.41) is 6.26. The van der Waals surface area contributed by atoms with Crippen molar-refractivity contribution in [1.29, 1.82) is 0 Å². The van der Waals surface area contributed by atoms with E-state index < -0.39 is 0 Å². The largest absolute Gasteiger partial charge is 0.484 e. The number of hydrogen-bond donors (Lipinski definition) is 1. The fourth-order valence-corrected chi connectivity index (χ4v) is 3.93. The van der Waals surface area contributed by atoms with Gasteiger partial charge in [0.1, 0.15) is 5.75 Å². The molecule has 140 valence electrons. The molecule has 1 N–H and O–H groups in total. The van der Waals surface area contributed by atoms with Crippen LogP contribution in [-0.2, 0) is 11.2 Å². The van der Waals surface area contributed by atoms with Gasteiger partial charge >= 0.3 is 0 Å². The first kappa shape index (κ1) is 18.5. The molecule has 1 heterocycles. The predicted octanol–water partition coefficient (Wildman–Crippen LogP) is 5.56. The number of nitrogens with one attached hydrogen (secondary N) is 1. The van der Waals surface area contributed by atoms with E-state index in [2.05, 4.69) is 10.3 Å². The predicted molar refractivity (Wildman–Crippen MR) is 114 cm³/mol. The van der Waals surface area contributed by atoms with E-state index in [1.165, 1.54) is 11.3 Å². The molecule has 4 aromatic rings.